The lowest BCUT2D eigenvalue weighted by Gasteiger charge is -2.11. The maximum atomic E-state index is 6.00. The molecule has 0 saturated carbocycles. The van der Waals surface area contributed by atoms with Crippen LogP contribution in [0.15, 0.2) is 36.8 Å². The molecule has 0 atom stereocenters. The van der Waals surface area contributed by atoms with Crippen molar-refractivity contribution in [1.82, 2.24) is 14.8 Å². The summed E-state index contributed by atoms with van der Waals surface area (Å²) in [4.78, 5) is 4.14. The summed E-state index contributed by atoms with van der Waals surface area (Å²) >= 11 is 0. The minimum absolute atomic E-state index is 0.748. The molecule has 1 aromatic carbocycles. The third-order valence-corrected chi connectivity index (χ3v) is 3.65. The molecule has 0 fully saturated rings. The van der Waals surface area contributed by atoms with Gasteiger partial charge in [-0.1, -0.05) is 6.92 Å². The van der Waals surface area contributed by atoms with Crippen molar-refractivity contribution < 1.29 is 0 Å². The van der Waals surface area contributed by atoms with E-state index in [1.165, 1.54) is 5.56 Å². The number of hydrogen-bond acceptors (Lipinski definition) is 4. The van der Waals surface area contributed by atoms with Gasteiger partial charge in [-0.25, -0.2) is 0 Å². The predicted octanol–water partition coefficient (Wildman–Crippen LogP) is 2.73. The summed E-state index contributed by atoms with van der Waals surface area (Å²) in [6, 6.07) is 5.91. The minimum Gasteiger partial charge on any atom is -0.398 e. The summed E-state index contributed by atoms with van der Waals surface area (Å²) in [6.07, 6.45) is 6.59. The van der Waals surface area contributed by atoms with Crippen molar-refractivity contribution >= 4 is 22.1 Å². The van der Waals surface area contributed by atoms with E-state index in [9.17, 15) is 0 Å². The highest BCUT2D eigenvalue weighted by Crippen LogP contribution is 2.27. The van der Waals surface area contributed by atoms with Gasteiger partial charge in [-0.05, 0) is 24.6 Å². The summed E-state index contributed by atoms with van der Waals surface area (Å²) in [7, 11) is 1.95. The van der Waals surface area contributed by atoms with Gasteiger partial charge in [0.25, 0.3) is 0 Å². The van der Waals surface area contributed by atoms with Crippen molar-refractivity contribution in [2.45, 2.75) is 19.9 Å². The molecule has 0 spiro atoms. The number of nitrogen functional groups attached to an aromatic ring is 1. The van der Waals surface area contributed by atoms with Crippen LogP contribution in [-0.2, 0) is 20.0 Å². The number of nitrogens with zero attached hydrogens (tertiary/aromatic N) is 3. The summed E-state index contributed by atoms with van der Waals surface area (Å²) in [6.45, 7) is 2.87. The van der Waals surface area contributed by atoms with Gasteiger partial charge in [-0.3, -0.25) is 9.67 Å². The first-order valence-corrected chi connectivity index (χ1v) is 7.06. The minimum atomic E-state index is 0.748. The normalized spacial score (nSPS) is 11.0. The molecule has 0 unspecified atom stereocenters. The van der Waals surface area contributed by atoms with Crippen LogP contribution in [-0.4, -0.2) is 14.8 Å². The Labute approximate surface area is 123 Å². The van der Waals surface area contributed by atoms with Crippen molar-refractivity contribution in [1.29, 1.82) is 0 Å². The first-order chi connectivity index (χ1) is 10.2. The van der Waals surface area contributed by atoms with Crippen LogP contribution in [0.1, 0.15) is 18.2 Å². The number of pyridine rings is 1. The molecule has 0 aliphatic rings. The molecule has 0 aliphatic heterocycles. The van der Waals surface area contributed by atoms with E-state index >= 15 is 0 Å². The van der Waals surface area contributed by atoms with Gasteiger partial charge >= 0.3 is 0 Å². The number of nitrogens with one attached hydrogen (secondary N) is 1. The zero-order valence-electron chi connectivity index (χ0n) is 12.3. The summed E-state index contributed by atoms with van der Waals surface area (Å²) < 4.78 is 1.86. The Hall–Kier alpha value is -2.56. The Morgan fingerprint density at radius 1 is 1.24 bits per heavy atom. The Morgan fingerprint density at radius 3 is 2.90 bits per heavy atom. The van der Waals surface area contributed by atoms with Crippen molar-refractivity contribution in [3.05, 3.63) is 48.0 Å². The summed E-state index contributed by atoms with van der Waals surface area (Å²) in [5.41, 5.74) is 10.2. The Kier molecular flexibility index (Phi) is 3.48. The van der Waals surface area contributed by atoms with Crippen LogP contribution in [0.25, 0.3) is 10.8 Å². The number of aromatic nitrogens is 3. The Balaban J connectivity index is 1.90. The number of nitrogens with two attached hydrogens (primary N) is 1. The van der Waals surface area contributed by atoms with Gasteiger partial charge in [0, 0.05) is 59.9 Å². The predicted molar refractivity (Wildman–Crippen MR) is 86.1 cm³/mol. The molecular weight excluding hydrogens is 262 g/mol. The van der Waals surface area contributed by atoms with E-state index in [1.807, 2.05) is 29.9 Å². The van der Waals surface area contributed by atoms with Gasteiger partial charge in [-0.15, -0.1) is 0 Å². The lowest BCUT2D eigenvalue weighted by molar-refractivity contribution is 0.746. The highest BCUT2D eigenvalue weighted by atomic mass is 15.3. The number of hydrogen-bond donors (Lipinski definition) is 2. The van der Waals surface area contributed by atoms with E-state index < -0.39 is 0 Å². The Bertz CT molecular complexity index is 775. The molecular formula is C16H19N5. The zero-order valence-corrected chi connectivity index (χ0v) is 12.3. The average molecular weight is 281 g/mol. The molecule has 3 rings (SSSR count). The molecule has 108 valence electrons. The lowest BCUT2D eigenvalue weighted by atomic mass is 10.1. The first-order valence-electron chi connectivity index (χ1n) is 7.06. The van der Waals surface area contributed by atoms with Gasteiger partial charge in [0.15, 0.2) is 0 Å². The fourth-order valence-electron chi connectivity index (χ4n) is 2.59. The third kappa shape index (κ3) is 2.54. The molecule has 21 heavy (non-hydrogen) atoms. The summed E-state index contributed by atoms with van der Waals surface area (Å²) in [5, 5.41) is 10.0. The van der Waals surface area contributed by atoms with Crippen LogP contribution in [0.3, 0.4) is 0 Å². The van der Waals surface area contributed by atoms with Gasteiger partial charge in [-0.2, -0.15) is 5.10 Å². The van der Waals surface area contributed by atoms with Crippen molar-refractivity contribution in [3.8, 4) is 0 Å². The van der Waals surface area contributed by atoms with E-state index in [2.05, 4.69) is 28.5 Å². The molecule has 0 bridgehead atoms. The van der Waals surface area contributed by atoms with Crippen LogP contribution >= 0.6 is 0 Å². The number of anilines is 2. The highest BCUT2D eigenvalue weighted by Gasteiger charge is 2.08. The second-order valence-corrected chi connectivity index (χ2v) is 5.11. The quantitative estimate of drug-likeness (QED) is 0.721. The fourth-order valence-corrected chi connectivity index (χ4v) is 2.59. The zero-order chi connectivity index (χ0) is 14.8. The van der Waals surface area contributed by atoms with Crippen LogP contribution < -0.4 is 11.1 Å². The standard InChI is InChI=1S/C16H19N5/c1-3-15-11(10-21(2)20-15)8-19-16-5-4-14(17)13-9-18-7-6-12(13)16/h4-7,9-10,19H,3,8,17H2,1-2H3. The lowest BCUT2D eigenvalue weighted by Crippen LogP contribution is -2.02. The fraction of sp³-hybridized carbons (Fsp3) is 0.250. The Morgan fingerprint density at radius 2 is 2.10 bits per heavy atom. The molecule has 3 aromatic rings. The maximum absolute atomic E-state index is 6.00. The van der Waals surface area contributed by atoms with Crippen molar-refractivity contribution in [2.24, 2.45) is 7.05 Å². The second kappa shape index (κ2) is 5.44. The van der Waals surface area contributed by atoms with E-state index in [-0.39, 0.29) is 0 Å². The van der Waals surface area contributed by atoms with E-state index in [0.717, 1.165) is 40.8 Å². The van der Waals surface area contributed by atoms with Crippen LogP contribution in [0.4, 0.5) is 11.4 Å². The second-order valence-electron chi connectivity index (χ2n) is 5.11. The SMILES string of the molecule is CCc1nn(C)cc1CNc1ccc(N)c2cnccc12. The van der Waals surface area contributed by atoms with Gasteiger partial charge in [0.05, 0.1) is 5.69 Å². The smallest absolute Gasteiger partial charge is 0.0671 e. The van der Waals surface area contributed by atoms with Crippen molar-refractivity contribution in [2.75, 3.05) is 11.1 Å². The van der Waals surface area contributed by atoms with E-state index in [4.69, 9.17) is 5.73 Å². The number of benzene rings is 1. The number of rotatable bonds is 4. The van der Waals surface area contributed by atoms with Crippen LogP contribution in [0.2, 0.25) is 0 Å². The third-order valence-electron chi connectivity index (χ3n) is 3.65. The largest absolute Gasteiger partial charge is 0.398 e. The average Bonchev–Trinajstić information content (AvgIpc) is 2.87. The monoisotopic (exact) mass is 281 g/mol. The molecule has 0 saturated heterocycles. The van der Waals surface area contributed by atoms with Gasteiger partial charge < -0.3 is 11.1 Å². The van der Waals surface area contributed by atoms with Crippen LogP contribution in [0.5, 0.6) is 0 Å². The van der Waals surface area contributed by atoms with Gasteiger partial charge in [0.2, 0.25) is 0 Å². The molecule has 0 aliphatic carbocycles. The molecule has 5 heteroatoms. The molecule has 2 aromatic heterocycles. The molecule has 0 amide bonds. The molecule has 0 radical (unpaired) electrons. The van der Waals surface area contributed by atoms with Gasteiger partial charge in [0.1, 0.15) is 0 Å². The van der Waals surface area contributed by atoms with Crippen molar-refractivity contribution in [3.63, 3.8) is 0 Å². The van der Waals surface area contributed by atoms with E-state index in [1.54, 1.807) is 12.4 Å². The van der Waals surface area contributed by atoms with E-state index in [0.29, 0.717) is 0 Å². The number of fused-ring (bicyclic) bond motifs is 1. The summed E-state index contributed by atoms with van der Waals surface area (Å²) in [5.74, 6) is 0. The van der Waals surface area contributed by atoms with Crippen LogP contribution in [0, 0.1) is 0 Å². The molecule has 5 nitrogen and oxygen atoms in total. The maximum Gasteiger partial charge on any atom is 0.0671 e. The molecule has 2 heterocycles. The molecule has 3 N–H and O–H groups in total. The number of aryl methyl sites for hydroxylation is 2. The first kappa shape index (κ1) is 13.4. The topological polar surface area (TPSA) is 68.8 Å². The highest BCUT2D eigenvalue weighted by molar-refractivity contribution is 6.00.